The van der Waals surface area contributed by atoms with E-state index in [9.17, 15) is 5.11 Å². The third kappa shape index (κ3) is 2.48. The topological polar surface area (TPSA) is 20.2 Å². The van der Waals surface area contributed by atoms with E-state index in [-0.39, 0.29) is 0 Å². The summed E-state index contributed by atoms with van der Waals surface area (Å²) < 4.78 is 0. The van der Waals surface area contributed by atoms with E-state index in [1.165, 1.54) is 5.19 Å². The number of benzene rings is 1. The zero-order valence-electron chi connectivity index (χ0n) is 13.7. The van der Waals surface area contributed by atoms with Gasteiger partial charge in [0.2, 0.25) is 0 Å². The number of aliphatic hydroxyl groups is 1. The first-order valence-electron chi connectivity index (χ1n) is 8.14. The van der Waals surface area contributed by atoms with Crippen LogP contribution in [0.3, 0.4) is 0 Å². The Morgan fingerprint density at radius 1 is 1.10 bits per heavy atom. The Labute approximate surface area is 125 Å². The van der Waals surface area contributed by atoms with Crippen molar-refractivity contribution in [1.82, 2.24) is 0 Å². The first-order valence-corrected chi connectivity index (χ1v) is 11.1. The molecule has 1 nitrogen and oxygen atoms in total. The minimum atomic E-state index is -1.90. The molecular formula is C18H30OSi. The molecule has 1 aromatic carbocycles. The Balaban J connectivity index is 2.35. The van der Waals surface area contributed by atoms with E-state index >= 15 is 0 Å². The molecule has 0 radical (unpaired) electrons. The highest BCUT2D eigenvalue weighted by Gasteiger charge is 2.62. The second-order valence-electron chi connectivity index (χ2n) is 7.26. The number of hydrogen-bond donors (Lipinski definition) is 1. The molecule has 1 fully saturated rings. The molecular weight excluding hydrogens is 260 g/mol. The van der Waals surface area contributed by atoms with Crippen molar-refractivity contribution >= 4 is 13.3 Å². The van der Waals surface area contributed by atoms with Gasteiger partial charge in [-0.25, -0.2) is 0 Å². The van der Waals surface area contributed by atoms with Gasteiger partial charge in [0.25, 0.3) is 0 Å². The lowest BCUT2D eigenvalue weighted by atomic mass is 10.1. The lowest BCUT2D eigenvalue weighted by Crippen LogP contribution is -2.64. The monoisotopic (exact) mass is 290 g/mol. The number of unbranched alkanes of at least 4 members (excludes halogenated alkanes) is 1. The van der Waals surface area contributed by atoms with E-state index in [2.05, 4.69) is 64.2 Å². The molecule has 1 aliphatic carbocycles. The summed E-state index contributed by atoms with van der Waals surface area (Å²) >= 11 is 0. The summed E-state index contributed by atoms with van der Waals surface area (Å²) in [6.07, 6.45) is 3.27. The fourth-order valence-electron chi connectivity index (χ4n) is 3.98. The van der Waals surface area contributed by atoms with Crippen molar-refractivity contribution in [2.75, 3.05) is 0 Å². The molecule has 0 saturated heterocycles. The van der Waals surface area contributed by atoms with E-state index in [4.69, 9.17) is 0 Å². The van der Waals surface area contributed by atoms with Crippen LogP contribution in [0.4, 0.5) is 0 Å². The standard InChI is InChI=1S/C18H30OSi/c1-6-7-13-18(19,17-14(2)15(17)3)20(4,5)16-11-9-8-10-12-16/h8-12,14-15,17,19H,6-7,13H2,1-5H3/t14-,15-,18-/m1/s1. The maximum absolute atomic E-state index is 11.7. The van der Waals surface area contributed by atoms with Crippen LogP contribution in [0, 0.1) is 17.8 Å². The normalized spacial score (nSPS) is 29.0. The van der Waals surface area contributed by atoms with Gasteiger partial charge in [0.1, 0.15) is 8.07 Å². The van der Waals surface area contributed by atoms with Crippen LogP contribution in [-0.4, -0.2) is 18.4 Å². The second kappa shape index (κ2) is 5.65. The van der Waals surface area contributed by atoms with E-state index in [1.807, 2.05) is 0 Å². The van der Waals surface area contributed by atoms with Crippen molar-refractivity contribution < 1.29 is 5.11 Å². The van der Waals surface area contributed by atoms with Gasteiger partial charge in [-0.2, -0.15) is 0 Å². The third-order valence-electron chi connectivity index (χ3n) is 5.86. The van der Waals surface area contributed by atoms with Gasteiger partial charge in [0.15, 0.2) is 0 Å². The molecule has 0 heterocycles. The second-order valence-corrected chi connectivity index (χ2v) is 12.0. The van der Waals surface area contributed by atoms with Crippen molar-refractivity contribution in [1.29, 1.82) is 0 Å². The van der Waals surface area contributed by atoms with Crippen molar-refractivity contribution in [3.63, 3.8) is 0 Å². The van der Waals surface area contributed by atoms with Gasteiger partial charge in [-0.15, -0.1) is 0 Å². The van der Waals surface area contributed by atoms with Gasteiger partial charge >= 0.3 is 0 Å². The molecule has 0 amide bonds. The number of rotatable bonds is 6. The van der Waals surface area contributed by atoms with Crippen molar-refractivity contribution in [3.8, 4) is 0 Å². The van der Waals surface area contributed by atoms with Crippen molar-refractivity contribution in [2.45, 2.75) is 58.4 Å². The van der Waals surface area contributed by atoms with E-state index < -0.39 is 13.3 Å². The van der Waals surface area contributed by atoms with E-state index in [0.717, 1.165) is 19.3 Å². The van der Waals surface area contributed by atoms with E-state index in [0.29, 0.717) is 17.8 Å². The molecule has 3 atom stereocenters. The SMILES string of the molecule is CCCC[C@](O)(C1[C@H](C)[C@H]1C)[Si](C)(C)c1ccccc1. The smallest absolute Gasteiger partial charge is 0.117 e. The minimum Gasteiger partial charge on any atom is -0.393 e. The van der Waals surface area contributed by atoms with Crippen LogP contribution < -0.4 is 5.19 Å². The molecule has 112 valence electrons. The van der Waals surface area contributed by atoms with Gasteiger partial charge in [-0.05, 0) is 24.2 Å². The first-order chi connectivity index (χ1) is 9.36. The number of hydrogen-bond acceptors (Lipinski definition) is 1. The predicted octanol–water partition coefficient (Wildman–Crippen LogP) is 3.96. The van der Waals surface area contributed by atoms with Gasteiger partial charge in [0, 0.05) is 0 Å². The van der Waals surface area contributed by atoms with Gasteiger partial charge < -0.3 is 5.11 Å². The average Bonchev–Trinajstić information content (AvgIpc) is 3.05. The Morgan fingerprint density at radius 2 is 1.65 bits per heavy atom. The molecule has 20 heavy (non-hydrogen) atoms. The van der Waals surface area contributed by atoms with Crippen LogP contribution in [0.25, 0.3) is 0 Å². The Bertz CT molecular complexity index is 434. The summed E-state index contributed by atoms with van der Waals surface area (Å²) in [6, 6.07) is 10.7. The van der Waals surface area contributed by atoms with Crippen LogP contribution in [0.5, 0.6) is 0 Å². The zero-order valence-corrected chi connectivity index (χ0v) is 14.7. The lowest BCUT2D eigenvalue weighted by Gasteiger charge is -2.43. The van der Waals surface area contributed by atoms with Crippen LogP contribution in [0.1, 0.15) is 40.0 Å². The zero-order chi connectivity index (χ0) is 15.0. The summed E-state index contributed by atoms with van der Waals surface area (Å²) in [7, 11) is -1.90. The Kier molecular flexibility index (Phi) is 4.46. The molecule has 0 aliphatic heterocycles. The third-order valence-corrected chi connectivity index (χ3v) is 10.4. The molecule has 0 bridgehead atoms. The van der Waals surface area contributed by atoms with Gasteiger partial charge in [-0.1, -0.05) is 82.2 Å². The Morgan fingerprint density at radius 3 is 2.10 bits per heavy atom. The molecule has 1 N–H and O–H groups in total. The van der Waals surface area contributed by atoms with E-state index in [1.54, 1.807) is 0 Å². The van der Waals surface area contributed by atoms with Crippen LogP contribution >= 0.6 is 0 Å². The van der Waals surface area contributed by atoms with Crippen molar-refractivity contribution in [2.24, 2.45) is 17.8 Å². The molecule has 0 aromatic heterocycles. The maximum atomic E-state index is 11.7. The highest BCUT2D eigenvalue weighted by atomic mass is 28.3. The summed E-state index contributed by atoms with van der Waals surface area (Å²) in [5.74, 6) is 1.84. The molecule has 1 saturated carbocycles. The summed E-state index contributed by atoms with van der Waals surface area (Å²) in [5, 5.41) is 12.6. The molecule has 0 unspecified atom stereocenters. The summed E-state index contributed by atoms with van der Waals surface area (Å²) in [4.78, 5) is 0. The minimum absolute atomic E-state index is 0.455. The quantitative estimate of drug-likeness (QED) is 0.786. The van der Waals surface area contributed by atoms with Crippen LogP contribution in [-0.2, 0) is 0 Å². The lowest BCUT2D eigenvalue weighted by molar-refractivity contribution is 0.0721. The first kappa shape index (κ1) is 15.8. The van der Waals surface area contributed by atoms with Crippen molar-refractivity contribution in [3.05, 3.63) is 30.3 Å². The highest BCUT2D eigenvalue weighted by Crippen LogP contribution is 2.56. The highest BCUT2D eigenvalue weighted by molar-refractivity contribution is 6.92. The molecule has 0 spiro atoms. The average molecular weight is 291 g/mol. The fourth-order valence-corrected chi connectivity index (χ4v) is 7.67. The summed E-state index contributed by atoms with van der Waals surface area (Å²) in [5.41, 5.74) is 0. The van der Waals surface area contributed by atoms with Gasteiger partial charge in [0.05, 0.1) is 5.22 Å². The van der Waals surface area contributed by atoms with Gasteiger partial charge in [-0.3, -0.25) is 0 Å². The van der Waals surface area contributed by atoms with Crippen LogP contribution in [0.15, 0.2) is 30.3 Å². The molecule has 2 heteroatoms. The fraction of sp³-hybridized carbons (Fsp3) is 0.667. The predicted molar refractivity (Wildman–Crippen MR) is 89.9 cm³/mol. The Hall–Kier alpha value is -0.603. The summed E-state index contributed by atoms with van der Waals surface area (Å²) in [6.45, 7) is 11.5. The maximum Gasteiger partial charge on any atom is 0.117 e. The van der Waals surface area contributed by atoms with Crippen LogP contribution in [0.2, 0.25) is 13.1 Å². The largest absolute Gasteiger partial charge is 0.393 e. The molecule has 1 aliphatic rings. The molecule has 1 aromatic rings. The molecule has 2 rings (SSSR count).